The van der Waals surface area contributed by atoms with E-state index in [1.54, 1.807) is 10.7 Å². The van der Waals surface area contributed by atoms with E-state index in [1.165, 1.54) is 23.9 Å². The minimum atomic E-state index is -0.519. The quantitative estimate of drug-likeness (QED) is 0.765. The average molecular weight is 426 g/mol. The molecule has 1 aromatic heterocycles. The predicted octanol–water partition coefficient (Wildman–Crippen LogP) is 3.87. The van der Waals surface area contributed by atoms with E-state index in [4.69, 9.17) is 16.3 Å². The second-order valence-corrected chi connectivity index (χ2v) is 9.24. The van der Waals surface area contributed by atoms with Gasteiger partial charge in [0, 0.05) is 6.61 Å². The van der Waals surface area contributed by atoms with Crippen molar-refractivity contribution in [1.82, 2.24) is 9.78 Å². The van der Waals surface area contributed by atoms with E-state index in [-0.39, 0.29) is 33.9 Å². The van der Waals surface area contributed by atoms with Gasteiger partial charge in [0.05, 0.1) is 33.2 Å². The van der Waals surface area contributed by atoms with Gasteiger partial charge in [-0.3, -0.25) is 19.4 Å². The summed E-state index contributed by atoms with van der Waals surface area (Å²) < 4.78 is 21.2. The Bertz CT molecular complexity index is 987. The number of aromatic nitrogens is 2. The molecule has 1 fully saturated rings. The standard InChI is InChI=1S/C19H21ClFN3O3S/c1-19(2)8-11(5-6-27-19)24-17-15(18(26)23-24)16(28-9-14(25)22-17)10-3-4-13(21)12(20)7-10/h3-4,7,11,16H,5-6,8-9H2,1-2H3,(H,22,25)(H,23,26)/t11-,16+/m0/s1. The van der Waals surface area contributed by atoms with Crippen LogP contribution in [-0.4, -0.2) is 33.6 Å². The van der Waals surface area contributed by atoms with Gasteiger partial charge in [-0.05, 0) is 44.4 Å². The van der Waals surface area contributed by atoms with Crippen LogP contribution < -0.4 is 10.9 Å². The minimum absolute atomic E-state index is 0.000978. The first-order valence-corrected chi connectivity index (χ1v) is 10.5. The number of nitrogens with zero attached hydrogens (tertiary/aromatic N) is 1. The van der Waals surface area contributed by atoms with Gasteiger partial charge < -0.3 is 10.1 Å². The summed E-state index contributed by atoms with van der Waals surface area (Å²) in [6.45, 7) is 4.60. The van der Waals surface area contributed by atoms with Gasteiger partial charge in [0.25, 0.3) is 5.56 Å². The summed E-state index contributed by atoms with van der Waals surface area (Å²) in [7, 11) is 0. The van der Waals surface area contributed by atoms with Crippen LogP contribution in [0.5, 0.6) is 0 Å². The number of thioether (sulfide) groups is 1. The number of fused-ring (bicyclic) bond motifs is 1. The maximum atomic E-state index is 13.6. The maximum absolute atomic E-state index is 13.6. The van der Waals surface area contributed by atoms with Gasteiger partial charge in [-0.2, -0.15) is 0 Å². The Labute approximate surface area is 170 Å². The first kappa shape index (κ1) is 19.5. The molecule has 1 amide bonds. The Balaban J connectivity index is 1.81. The van der Waals surface area contributed by atoms with Crippen LogP contribution in [0.4, 0.5) is 10.2 Å². The largest absolute Gasteiger partial charge is 0.375 e. The summed E-state index contributed by atoms with van der Waals surface area (Å²) in [5.41, 5.74) is 0.566. The van der Waals surface area contributed by atoms with Crippen molar-refractivity contribution < 1.29 is 13.9 Å². The molecule has 0 spiro atoms. The van der Waals surface area contributed by atoms with Gasteiger partial charge in [-0.25, -0.2) is 4.39 Å². The first-order chi connectivity index (χ1) is 13.2. The number of rotatable bonds is 2. The molecule has 4 rings (SSSR count). The number of amides is 1. The molecule has 9 heteroatoms. The lowest BCUT2D eigenvalue weighted by molar-refractivity contribution is -0.113. The number of nitrogens with one attached hydrogen (secondary N) is 2. The van der Waals surface area contributed by atoms with Crippen molar-refractivity contribution in [3.63, 3.8) is 0 Å². The fraction of sp³-hybridized carbons (Fsp3) is 0.474. The number of aromatic amines is 1. The second-order valence-electron chi connectivity index (χ2n) is 7.74. The second kappa shape index (κ2) is 7.24. The summed E-state index contributed by atoms with van der Waals surface area (Å²) >= 11 is 7.28. The number of carbonyl (C=O) groups excluding carboxylic acids is 1. The number of hydrogen-bond acceptors (Lipinski definition) is 4. The molecule has 2 aliphatic rings. The third-order valence-electron chi connectivity index (χ3n) is 5.15. The smallest absolute Gasteiger partial charge is 0.270 e. The van der Waals surface area contributed by atoms with Crippen molar-refractivity contribution in [3.8, 4) is 0 Å². The molecule has 2 N–H and O–H groups in total. The highest BCUT2D eigenvalue weighted by Crippen LogP contribution is 2.42. The molecule has 3 heterocycles. The van der Waals surface area contributed by atoms with E-state index in [0.717, 1.165) is 6.42 Å². The fourth-order valence-corrected chi connectivity index (χ4v) is 5.18. The molecule has 150 valence electrons. The molecule has 6 nitrogen and oxygen atoms in total. The summed E-state index contributed by atoms with van der Waals surface area (Å²) in [5.74, 6) is -0.0314. The SMILES string of the molecule is CC1(C)C[C@@H](n2[nH]c(=O)c3c2NC(=O)CS[C@@H]3c2ccc(F)c(Cl)c2)CCO1. The lowest BCUT2D eigenvalue weighted by Crippen LogP contribution is -2.36. The Morgan fingerprint density at radius 2 is 2.14 bits per heavy atom. The van der Waals surface area contributed by atoms with Crippen molar-refractivity contribution in [3.05, 3.63) is 50.5 Å². The van der Waals surface area contributed by atoms with Crippen LogP contribution in [0.2, 0.25) is 5.02 Å². The number of carbonyl (C=O) groups is 1. The van der Waals surface area contributed by atoms with E-state index >= 15 is 0 Å². The fourth-order valence-electron chi connectivity index (χ4n) is 3.88. The van der Waals surface area contributed by atoms with Crippen LogP contribution in [0.25, 0.3) is 0 Å². The number of halogens is 2. The Morgan fingerprint density at radius 1 is 1.36 bits per heavy atom. The van der Waals surface area contributed by atoms with Gasteiger partial charge in [-0.15, -0.1) is 11.8 Å². The number of ether oxygens (including phenoxy) is 1. The molecule has 0 saturated carbocycles. The zero-order valence-corrected chi connectivity index (χ0v) is 17.1. The van der Waals surface area contributed by atoms with Crippen molar-refractivity contribution >= 4 is 35.1 Å². The van der Waals surface area contributed by atoms with Crippen molar-refractivity contribution in [2.75, 3.05) is 17.7 Å². The van der Waals surface area contributed by atoms with E-state index in [2.05, 4.69) is 10.4 Å². The third kappa shape index (κ3) is 3.60. The van der Waals surface area contributed by atoms with Crippen LogP contribution >= 0.6 is 23.4 Å². The third-order valence-corrected chi connectivity index (χ3v) is 6.71. The Morgan fingerprint density at radius 3 is 2.86 bits per heavy atom. The van der Waals surface area contributed by atoms with Crippen LogP contribution in [0.15, 0.2) is 23.0 Å². The van der Waals surface area contributed by atoms with E-state index in [1.807, 2.05) is 13.8 Å². The van der Waals surface area contributed by atoms with Crippen LogP contribution in [0, 0.1) is 5.82 Å². The van der Waals surface area contributed by atoms with E-state index in [0.29, 0.717) is 30.0 Å². The van der Waals surface area contributed by atoms with Gasteiger partial charge in [0.15, 0.2) is 0 Å². The number of anilines is 1. The van der Waals surface area contributed by atoms with Crippen LogP contribution in [0.1, 0.15) is 49.1 Å². The lowest BCUT2D eigenvalue weighted by Gasteiger charge is -2.36. The van der Waals surface area contributed by atoms with Gasteiger partial charge in [0.1, 0.15) is 11.6 Å². The molecule has 1 saturated heterocycles. The maximum Gasteiger partial charge on any atom is 0.270 e. The number of benzene rings is 1. The normalized spacial score (nSPS) is 24.4. The first-order valence-electron chi connectivity index (χ1n) is 9.10. The average Bonchev–Trinajstić information content (AvgIpc) is 2.83. The molecule has 1 aromatic carbocycles. The molecule has 0 radical (unpaired) electrons. The minimum Gasteiger partial charge on any atom is -0.375 e. The molecule has 2 aliphatic heterocycles. The van der Waals surface area contributed by atoms with Crippen LogP contribution in [-0.2, 0) is 9.53 Å². The zero-order chi connectivity index (χ0) is 20.1. The molecule has 0 unspecified atom stereocenters. The molecule has 0 aliphatic carbocycles. The van der Waals surface area contributed by atoms with Crippen molar-refractivity contribution in [1.29, 1.82) is 0 Å². The molecular weight excluding hydrogens is 405 g/mol. The molecule has 2 aromatic rings. The molecule has 28 heavy (non-hydrogen) atoms. The highest BCUT2D eigenvalue weighted by molar-refractivity contribution is 8.00. The zero-order valence-electron chi connectivity index (χ0n) is 15.6. The monoisotopic (exact) mass is 425 g/mol. The highest BCUT2D eigenvalue weighted by atomic mass is 35.5. The van der Waals surface area contributed by atoms with E-state index in [9.17, 15) is 14.0 Å². The molecular formula is C19H21ClFN3O3S. The molecule has 2 atom stereocenters. The molecule has 0 bridgehead atoms. The summed E-state index contributed by atoms with van der Waals surface area (Å²) in [6, 6.07) is 4.40. The highest BCUT2D eigenvalue weighted by Gasteiger charge is 2.36. The van der Waals surface area contributed by atoms with Crippen LogP contribution in [0.3, 0.4) is 0 Å². The Hall–Kier alpha value is -1.77. The predicted molar refractivity (Wildman–Crippen MR) is 108 cm³/mol. The number of hydrogen-bond donors (Lipinski definition) is 2. The summed E-state index contributed by atoms with van der Waals surface area (Å²) in [5, 5.41) is 5.36. The summed E-state index contributed by atoms with van der Waals surface area (Å²) in [6.07, 6.45) is 1.44. The van der Waals surface area contributed by atoms with Gasteiger partial charge in [-0.1, -0.05) is 17.7 Å². The van der Waals surface area contributed by atoms with E-state index < -0.39 is 11.1 Å². The van der Waals surface area contributed by atoms with Gasteiger partial charge >= 0.3 is 0 Å². The lowest BCUT2D eigenvalue weighted by atomic mass is 9.94. The number of H-pyrrole nitrogens is 1. The van der Waals surface area contributed by atoms with Crippen molar-refractivity contribution in [2.45, 2.75) is 43.6 Å². The Kier molecular flexibility index (Phi) is 5.05. The summed E-state index contributed by atoms with van der Waals surface area (Å²) in [4.78, 5) is 25.2. The van der Waals surface area contributed by atoms with Gasteiger partial charge in [0.2, 0.25) is 5.91 Å². The topological polar surface area (TPSA) is 76.1 Å². The van der Waals surface area contributed by atoms with Crippen molar-refractivity contribution in [2.24, 2.45) is 0 Å².